The average molecular weight is 260 g/mol. The maximum Gasteiger partial charge on any atom is 0.156 e. The second kappa shape index (κ2) is 4.72. The molecule has 1 saturated carbocycles. The molecular formula is C12H15Cl2NO. The van der Waals surface area contributed by atoms with Gasteiger partial charge in [0.2, 0.25) is 0 Å². The van der Waals surface area contributed by atoms with E-state index in [-0.39, 0.29) is 0 Å². The Morgan fingerprint density at radius 2 is 1.88 bits per heavy atom. The van der Waals surface area contributed by atoms with Gasteiger partial charge in [0, 0.05) is 11.7 Å². The molecule has 0 radical (unpaired) electrons. The third-order valence-electron chi connectivity index (χ3n) is 2.93. The number of ether oxygens (including phenoxy) is 1. The predicted octanol–water partition coefficient (Wildman–Crippen LogP) is 4.21. The number of halogens is 2. The minimum Gasteiger partial charge on any atom is -0.494 e. The van der Waals surface area contributed by atoms with Gasteiger partial charge >= 0.3 is 0 Å². The highest BCUT2D eigenvalue weighted by Crippen LogP contribution is 2.38. The number of nitrogens with one attached hydrogen (secondary N) is 1. The van der Waals surface area contributed by atoms with Gasteiger partial charge in [0.25, 0.3) is 0 Å². The summed E-state index contributed by atoms with van der Waals surface area (Å²) in [5.74, 6) is 1.33. The zero-order chi connectivity index (χ0) is 11.7. The molecule has 0 aliphatic heterocycles. The molecule has 1 unspecified atom stereocenters. The van der Waals surface area contributed by atoms with Crippen LogP contribution in [0, 0.1) is 5.92 Å². The van der Waals surface area contributed by atoms with E-state index in [0.29, 0.717) is 21.8 Å². The Hall–Kier alpha value is -0.600. The van der Waals surface area contributed by atoms with Crippen LogP contribution in [0.25, 0.3) is 0 Å². The van der Waals surface area contributed by atoms with Crippen LogP contribution in [0.5, 0.6) is 5.75 Å². The molecule has 88 valence electrons. The fourth-order valence-electron chi connectivity index (χ4n) is 1.82. The summed E-state index contributed by atoms with van der Waals surface area (Å²) in [5.41, 5.74) is 0.954. The van der Waals surface area contributed by atoms with Gasteiger partial charge in [-0.1, -0.05) is 23.2 Å². The molecule has 16 heavy (non-hydrogen) atoms. The van der Waals surface area contributed by atoms with Crippen molar-refractivity contribution in [3.05, 3.63) is 22.2 Å². The van der Waals surface area contributed by atoms with Crippen molar-refractivity contribution >= 4 is 28.9 Å². The lowest BCUT2D eigenvalue weighted by molar-refractivity contribution is 0.415. The smallest absolute Gasteiger partial charge is 0.156 e. The molecule has 1 fully saturated rings. The van der Waals surface area contributed by atoms with Crippen molar-refractivity contribution < 1.29 is 4.74 Å². The van der Waals surface area contributed by atoms with Crippen LogP contribution in [0.2, 0.25) is 10.0 Å². The van der Waals surface area contributed by atoms with E-state index < -0.39 is 0 Å². The summed E-state index contributed by atoms with van der Waals surface area (Å²) in [5, 5.41) is 4.50. The molecule has 2 rings (SSSR count). The summed E-state index contributed by atoms with van der Waals surface area (Å²) in [7, 11) is 1.56. The van der Waals surface area contributed by atoms with Gasteiger partial charge in [-0.05, 0) is 37.8 Å². The van der Waals surface area contributed by atoms with Gasteiger partial charge in [0.05, 0.1) is 17.2 Å². The third-order valence-corrected chi connectivity index (χ3v) is 3.49. The van der Waals surface area contributed by atoms with Crippen LogP contribution in [0.4, 0.5) is 5.69 Å². The molecule has 0 bridgehead atoms. The van der Waals surface area contributed by atoms with E-state index in [1.54, 1.807) is 7.11 Å². The number of methoxy groups -OCH3 is 1. The lowest BCUT2D eigenvalue weighted by Gasteiger charge is -2.16. The molecule has 1 N–H and O–H groups in total. The normalized spacial score (nSPS) is 17.0. The van der Waals surface area contributed by atoms with Crippen LogP contribution >= 0.6 is 23.2 Å². The molecular weight excluding hydrogens is 245 g/mol. The first-order chi connectivity index (χ1) is 7.61. The lowest BCUT2D eigenvalue weighted by Crippen LogP contribution is -2.17. The maximum atomic E-state index is 6.06. The van der Waals surface area contributed by atoms with Crippen molar-refractivity contribution in [2.45, 2.75) is 25.8 Å². The minimum atomic E-state index is 0.473. The summed E-state index contributed by atoms with van der Waals surface area (Å²) in [6.07, 6.45) is 2.62. The van der Waals surface area contributed by atoms with Crippen LogP contribution in [-0.4, -0.2) is 13.2 Å². The molecule has 2 nitrogen and oxygen atoms in total. The molecule has 1 aromatic rings. The first-order valence-electron chi connectivity index (χ1n) is 5.41. The van der Waals surface area contributed by atoms with E-state index in [1.165, 1.54) is 12.8 Å². The molecule has 1 aromatic carbocycles. The molecule has 0 saturated heterocycles. The Balaban J connectivity index is 2.15. The Morgan fingerprint density at radius 1 is 1.31 bits per heavy atom. The van der Waals surface area contributed by atoms with Gasteiger partial charge in [-0.25, -0.2) is 0 Å². The molecule has 0 amide bonds. The molecule has 0 spiro atoms. The SMILES string of the molecule is COc1c(Cl)cc(NC(C)C2CC2)cc1Cl. The van der Waals surface area contributed by atoms with E-state index in [0.717, 1.165) is 11.6 Å². The monoisotopic (exact) mass is 259 g/mol. The van der Waals surface area contributed by atoms with E-state index in [9.17, 15) is 0 Å². The van der Waals surface area contributed by atoms with Crippen molar-refractivity contribution in [1.82, 2.24) is 0 Å². The molecule has 1 atom stereocenters. The second-order valence-electron chi connectivity index (χ2n) is 4.24. The summed E-state index contributed by atoms with van der Waals surface area (Å²) in [6, 6.07) is 4.18. The van der Waals surface area contributed by atoms with Gasteiger partial charge in [-0.3, -0.25) is 0 Å². The number of anilines is 1. The fourth-order valence-corrected chi connectivity index (χ4v) is 2.46. The van der Waals surface area contributed by atoms with Crippen molar-refractivity contribution in [1.29, 1.82) is 0 Å². The van der Waals surface area contributed by atoms with Gasteiger partial charge in [0.1, 0.15) is 0 Å². The Kier molecular flexibility index (Phi) is 3.50. The van der Waals surface area contributed by atoms with Gasteiger partial charge in [-0.2, -0.15) is 0 Å². The number of hydrogen-bond acceptors (Lipinski definition) is 2. The molecule has 1 aliphatic carbocycles. The van der Waals surface area contributed by atoms with E-state index in [4.69, 9.17) is 27.9 Å². The maximum absolute atomic E-state index is 6.06. The fraction of sp³-hybridized carbons (Fsp3) is 0.500. The number of benzene rings is 1. The predicted molar refractivity (Wildman–Crippen MR) is 68.8 cm³/mol. The second-order valence-corrected chi connectivity index (χ2v) is 5.06. The minimum absolute atomic E-state index is 0.473. The lowest BCUT2D eigenvalue weighted by atomic mass is 10.2. The Labute approximate surface area is 106 Å². The van der Waals surface area contributed by atoms with Crippen LogP contribution in [0.1, 0.15) is 19.8 Å². The first kappa shape index (κ1) is 11.9. The average Bonchev–Trinajstić information content (AvgIpc) is 2.99. The van der Waals surface area contributed by atoms with E-state index >= 15 is 0 Å². The van der Waals surface area contributed by atoms with Crippen LogP contribution in [-0.2, 0) is 0 Å². The van der Waals surface area contributed by atoms with Crippen molar-refractivity contribution in [3.63, 3.8) is 0 Å². The molecule has 4 heteroatoms. The highest BCUT2D eigenvalue weighted by atomic mass is 35.5. The Bertz CT molecular complexity index is 368. The van der Waals surface area contributed by atoms with Gasteiger partial charge < -0.3 is 10.1 Å². The summed E-state index contributed by atoms with van der Waals surface area (Å²) < 4.78 is 5.10. The van der Waals surface area contributed by atoms with Crippen molar-refractivity contribution in [3.8, 4) is 5.75 Å². The number of rotatable bonds is 4. The zero-order valence-electron chi connectivity index (χ0n) is 9.39. The number of hydrogen-bond donors (Lipinski definition) is 1. The van der Waals surface area contributed by atoms with Gasteiger partial charge in [0.15, 0.2) is 5.75 Å². The van der Waals surface area contributed by atoms with Crippen LogP contribution < -0.4 is 10.1 Å². The van der Waals surface area contributed by atoms with E-state index in [1.807, 2.05) is 12.1 Å². The van der Waals surface area contributed by atoms with Gasteiger partial charge in [-0.15, -0.1) is 0 Å². The molecule has 0 aromatic heterocycles. The highest BCUT2D eigenvalue weighted by Gasteiger charge is 2.27. The zero-order valence-corrected chi connectivity index (χ0v) is 10.9. The van der Waals surface area contributed by atoms with Crippen molar-refractivity contribution in [2.24, 2.45) is 5.92 Å². The largest absolute Gasteiger partial charge is 0.494 e. The van der Waals surface area contributed by atoms with Crippen LogP contribution in [0.15, 0.2) is 12.1 Å². The highest BCUT2D eigenvalue weighted by molar-refractivity contribution is 6.37. The summed E-state index contributed by atoms with van der Waals surface area (Å²) in [6.45, 7) is 2.18. The van der Waals surface area contributed by atoms with Crippen LogP contribution in [0.3, 0.4) is 0 Å². The quantitative estimate of drug-likeness (QED) is 0.875. The molecule has 1 aliphatic rings. The summed E-state index contributed by atoms with van der Waals surface area (Å²) >= 11 is 12.1. The third kappa shape index (κ3) is 2.55. The topological polar surface area (TPSA) is 21.3 Å². The standard InChI is InChI=1S/C12H15Cl2NO/c1-7(8-3-4-8)15-9-5-10(13)12(16-2)11(14)6-9/h5-8,15H,3-4H2,1-2H3. The van der Waals surface area contributed by atoms with Crippen molar-refractivity contribution in [2.75, 3.05) is 12.4 Å². The Morgan fingerprint density at radius 3 is 2.31 bits per heavy atom. The summed E-state index contributed by atoms with van der Waals surface area (Å²) in [4.78, 5) is 0. The van der Waals surface area contributed by atoms with E-state index in [2.05, 4.69) is 12.2 Å². The first-order valence-corrected chi connectivity index (χ1v) is 6.17. The molecule has 0 heterocycles.